The van der Waals surface area contributed by atoms with Crippen molar-refractivity contribution in [1.29, 1.82) is 0 Å². The molecule has 18 heavy (non-hydrogen) atoms. The Morgan fingerprint density at radius 1 is 1.33 bits per heavy atom. The summed E-state index contributed by atoms with van der Waals surface area (Å²) in [5, 5.41) is 0.516. The molecule has 0 aliphatic heterocycles. The highest BCUT2D eigenvalue weighted by Crippen LogP contribution is 2.19. The largest absolute Gasteiger partial charge is 0.475 e. The van der Waals surface area contributed by atoms with Gasteiger partial charge in [0.05, 0.1) is 6.54 Å². The Morgan fingerprint density at radius 3 is 2.56 bits per heavy atom. The Balaban J connectivity index is 2.47. The van der Waals surface area contributed by atoms with Crippen LogP contribution in [-0.4, -0.2) is 62.1 Å². The van der Waals surface area contributed by atoms with Crippen LogP contribution < -0.4 is 4.74 Å². The molecule has 0 aromatic carbocycles. The van der Waals surface area contributed by atoms with Crippen molar-refractivity contribution >= 4 is 17.6 Å². The number of nitrogens with zero attached hydrogens (tertiary/aromatic N) is 4. The average molecular weight is 271 g/mol. The zero-order valence-electron chi connectivity index (χ0n) is 11.2. The van der Waals surface area contributed by atoms with E-state index in [1.165, 1.54) is 0 Å². The lowest BCUT2D eigenvalue weighted by molar-refractivity contribution is 0.314. The molecule has 0 aliphatic rings. The van der Waals surface area contributed by atoms with E-state index in [-0.39, 0.29) is 0 Å². The third kappa shape index (κ3) is 4.41. The summed E-state index contributed by atoms with van der Waals surface area (Å²) in [6, 6.07) is 3.52. The van der Waals surface area contributed by atoms with Crippen LogP contribution in [-0.2, 0) is 0 Å². The van der Waals surface area contributed by atoms with Crippen LogP contribution in [0.5, 0.6) is 5.88 Å². The van der Waals surface area contributed by atoms with Crippen molar-refractivity contribution < 1.29 is 4.74 Å². The van der Waals surface area contributed by atoms with Crippen molar-refractivity contribution in [3.8, 4) is 5.88 Å². The van der Waals surface area contributed by atoms with E-state index >= 15 is 0 Å². The van der Waals surface area contributed by atoms with Crippen LogP contribution in [0.4, 0.5) is 0 Å². The van der Waals surface area contributed by atoms with Gasteiger partial charge in [0.1, 0.15) is 11.6 Å². The molecule has 0 amide bonds. The SMILES string of the molecule is CN(C)C(=NCCOc1ncccc1Cl)N(C)C. The summed E-state index contributed by atoms with van der Waals surface area (Å²) in [6.07, 6.45) is 1.65. The van der Waals surface area contributed by atoms with Crippen molar-refractivity contribution in [2.45, 2.75) is 0 Å². The minimum Gasteiger partial charge on any atom is -0.475 e. The highest BCUT2D eigenvalue weighted by atomic mass is 35.5. The zero-order valence-corrected chi connectivity index (χ0v) is 12.0. The summed E-state index contributed by atoms with van der Waals surface area (Å²) in [4.78, 5) is 12.4. The highest BCUT2D eigenvalue weighted by molar-refractivity contribution is 6.31. The second kappa shape index (κ2) is 7.06. The van der Waals surface area contributed by atoms with Gasteiger partial charge in [0, 0.05) is 34.4 Å². The maximum Gasteiger partial charge on any atom is 0.232 e. The van der Waals surface area contributed by atoms with Gasteiger partial charge in [-0.25, -0.2) is 9.98 Å². The number of rotatable bonds is 4. The molecule has 100 valence electrons. The molecule has 6 heteroatoms. The summed E-state index contributed by atoms with van der Waals surface area (Å²) in [5.41, 5.74) is 0. The number of aromatic nitrogens is 1. The predicted molar refractivity (Wildman–Crippen MR) is 74.4 cm³/mol. The minimum absolute atomic E-state index is 0.446. The summed E-state index contributed by atoms with van der Waals surface area (Å²) in [7, 11) is 7.81. The maximum absolute atomic E-state index is 5.93. The molecule has 0 atom stereocenters. The molecule has 0 saturated carbocycles. The summed E-state index contributed by atoms with van der Waals surface area (Å²) in [5.74, 6) is 1.34. The van der Waals surface area contributed by atoms with E-state index in [0.717, 1.165) is 5.96 Å². The number of halogens is 1. The Labute approximate surface area is 113 Å². The average Bonchev–Trinajstić information content (AvgIpc) is 2.30. The van der Waals surface area contributed by atoms with Crippen LogP contribution in [0, 0.1) is 0 Å². The van der Waals surface area contributed by atoms with Crippen LogP contribution >= 0.6 is 11.6 Å². The fourth-order valence-electron chi connectivity index (χ4n) is 1.45. The van der Waals surface area contributed by atoms with Crippen LogP contribution in [0.25, 0.3) is 0 Å². The standard InChI is InChI=1S/C12H19ClN4O/c1-16(2)12(17(3)4)15-8-9-18-11-10(13)6-5-7-14-11/h5-7H,8-9H2,1-4H3. The van der Waals surface area contributed by atoms with Gasteiger partial charge in [-0.3, -0.25) is 0 Å². The first-order valence-electron chi connectivity index (χ1n) is 5.64. The normalized spacial score (nSPS) is 9.83. The van der Waals surface area contributed by atoms with Crippen LogP contribution in [0.15, 0.2) is 23.3 Å². The minimum atomic E-state index is 0.446. The third-order valence-electron chi connectivity index (χ3n) is 2.11. The predicted octanol–water partition coefficient (Wildman–Crippen LogP) is 1.59. The van der Waals surface area contributed by atoms with Crippen LogP contribution in [0.2, 0.25) is 5.02 Å². The number of pyridine rings is 1. The Morgan fingerprint density at radius 2 is 2.00 bits per heavy atom. The number of aliphatic imine (C=N–C) groups is 1. The molecule has 5 nitrogen and oxygen atoms in total. The molecular formula is C12H19ClN4O. The second-order valence-corrected chi connectivity index (χ2v) is 4.52. The fourth-order valence-corrected chi connectivity index (χ4v) is 1.62. The van der Waals surface area contributed by atoms with E-state index in [1.54, 1.807) is 18.3 Å². The van der Waals surface area contributed by atoms with Gasteiger partial charge in [0.2, 0.25) is 5.88 Å². The van der Waals surface area contributed by atoms with E-state index in [9.17, 15) is 0 Å². The Hall–Kier alpha value is -1.49. The first-order chi connectivity index (χ1) is 8.52. The molecule has 0 radical (unpaired) electrons. The molecule has 0 fully saturated rings. The quantitative estimate of drug-likeness (QED) is 0.473. The number of ether oxygens (including phenoxy) is 1. The fraction of sp³-hybridized carbons (Fsp3) is 0.500. The molecule has 0 spiro atoms. The van der Waals surface area contributed by atoms with Gasteiger partial charge in [0.15, 0.2) is 5.96 Å². The smallest absolute Gasteiger partial charge is 0.232 e. The molecule has 0 saturated heterocycles. The monoisotopic (exact) mass is 270 g/mol. The van der Waals surface area contributed by atoms with Crippen LogP contribution in [0.1, 0.15) is 0 Å². The lowest BCUT2D eigenvalue weighted by atomic mass is 10.5. The van der Waals surface area contributed by atoms with Gasteiger partial charge in [-0.2, -0.15) is 0 Å². The van der Waals surface area contributed by atoms with E-state index in [2.05, 4.69) is 9.98 Å². The maximum atomic E-state index is 5.93. The van der Waals surface area contributed by atoms with Gasteiger partial charge in [-0.1, -0.05) is 11.6 Å². The van der Waals surface area contributed by atoms with Gasteiger partial charge in [-0.05, 0) is 12.1 Å². The molecule has 1 rings (SSSR count). The number of hydrogen-bond donors (Lipinski definition) is 0. The molecule has 0 unspecified atom stereocenters. The van der Waals surface area contributed by atoms with Crippen molar-refractivity contribution in [3.63, 3.8) is 0 Å². The summed E-state index contributed by atoms with van der Waals surface area (Å²) >= 11 is 5.93. The third-order valence-corrected chi connectivity index (χ3v) is 2.40. The van der Waals surface area contributed by atoms with Gasteiger partial charge < -0.3 is 14.5 Å². The topological polar surface area (TPSA) is 41.0 Å². The van der Waals surface area contributed by atoms with Gasteiger partial charge in [-0.15, -0.1) is 0 Å². The summed E-state index contributed by atoms with van der Waals surface area (Å²) in [6.45, 7) is 1.00. The molecule has 1 heterocycles. The van der Waals surface area contributed by atoms with Crippen LogP contribution in [0.3, 0.4) is 0 Å². The molecule has 0 bridgehead atoms. The first kappa shape index (κ1) is 14.6. The lowest BCUT2D eigenvalue weighted by Gasteiger charge is -2.22. The summed E-state index contributed by atoms with van der Waals surface area (Å²) < 4.78 is 5.46. The van der Waals surface area contributed by atoms with Gasteiger partial charge in [0.25, 0.3) is 0 Å². The van der Waals surface area contributed by atoms with Gasteiger partial charge >= 0.3 is 0 Å². The Bertz CT molecular complexity index is 397. The highest BCUT2D eigenvalue weighted by Gasteiger charge is 2.04. The molecule has 0 aliphatic carbocycles. The number of hydrogen-bond acceptors (Lipinski definition) is 3. The molecule has 0 N–H and O–H groups in total. The van der Waals surface area contributed by atoms with Crippen molar-refractivity contribution in [2.75, 3.05) is 41.3 Å². The second-order valence-electron chi connectivity index (χ2n) is 4.11. The van der Waals surface area contributed by atoms with Crippen molar-refractivity contribution in [1.82, 2.24) is 14.8 Å². The lowest BCUT2D eigenvalue weighted by Crippen LogP contribution is -2.35. The first-order valence-corrected chi connectivity index (χ1v) is 6.02. The van der Waals surface area contributed by atoms with E-state index < -0.39 is 0 Å². The van der Waals surface area contributed by atoms with Crippen molar-refractivity contribution in [3.05, 3.63) is 23.4 Å². The van der Waals surface area contributed by atoms with E-state index in [1.807, 2.05) is 38.0 Å². The molecular weight excluding hydrogens is 252 g/mol. The van der Waals surface area contributed by atoms with Crippen molar-refractivity contribution in [2.24, 2.45) is 4.99 Å². The Kier molecular flexibility index (Phi) is 5.71. The zero-order chi connectivity index (χ0) is 13.5. The molecule has 1 aromatic heterocycles. The number of guanidine groups is 1. The molecule has 1 aromatic rings. The van der Waals surface area contributed by atoms with E-state index in [4.69, 9.17) is 16.3 Å². The van der Waals surface area contributed by atoms with E-state index in [0.29, 0.717) is 24.1 Å².